The lowest BCUT2D eigenvalue weighted by atomic mass is 9.60. The number of fused-ring (bicyclic) bond motifs is 1. The Balaban J connectivity index is 1.65. The molecule has 0 aromatic heterocycles. The van der Waals surface area contributed by atoms with E-state index in [1.54, 1.807) is 0 Å². The second-order valence-corrected chi connectivity index (χ2v) is 8.29. The molecule has 2 heterocycles. The average molecular weight is 319 g/mol. The lowest BCUT2D eigenvalue weighted by molar-refractivity contribution is -0.870. The van der Waals surface area contributed by atoms with Crippen LogP contribution in [0.1, 0.15) is 19.3 Å². The molecule has 4 nitrogen and oxygen atoms in total. The fraction of sp³-hybridized carbons (Fsp3) is 0.667. The molecule has 0 saturated carbocycles. The van der Waals surface area contributed by atoms with Crippen LogP contribution in [0.2, 0.25) is 0 Å². The van der Waals surface area contributed by atoms with E-state index < -0.39 is 6.69 Å². The first kappa shape index (κ1) is 17.0. The van der Waals surface area contributed by atoms with Gasteiger partial charge in [-0.05, 0) is 19.3 Å². The molecule has 0 radical (unpaired) electrons. The van der Waals surface area contributed by atoms with Crippen LogP contribution in [-0.2, 0) is 9.31 Å². The maximum Gasteiger partial charge on any atom is 0.502 e. The van der Waals surface area contributed by atoms with Crippen LogP contribution in [0.3, 0.4) is 0 Å². The van der Waals surface area contributed by atoms with Crippen LogP contribution >= 0.6 is 0 Å². The Hall–Kier alpha value is -0.875. The SMILES string of the molecule is C[N+](C)(C)CCCCC[N+]12CCO[B-]1(c1ccccc1)OCC2. The largest absolute Gasteiger partial charge is 0.505 e. The van der Waals surface area contributed by atoms with E-state index in [0.717, 1.165) is 35.2 Å². The summed E-state index contributed by atoms with van der Waals surface area (Å²) in [5, 5.41) is 0. The number of hydrogen-bond donors (Lipinski definition) is 0. The first-order valence-electron chi connectivity index (χ1n) is 9.11. The molecule has 2 fully saturated rings. The van der Waals surface area contributed by atoms with E-state index in [2.05, 4.69) is 51.5 Å². The Morgan fingerprint density at radius 3 is 2.22 bits per heavy atom. The number of nitrogens with zero attached hydrogens (tertiary/aromatic N) is 2. The van der Waals surface area contributed by atoms with Crippen LogP contribution in [0, 0.1) is 0 Å². The van der Waals surface area contributed by atoms with Crippen molar-refractivity contribution in [3.8, 4) is 0 Å². The minimum atomic E-state index is -1.33. The lowest BCUT2D eigenvalue weighted by Gasteiger charge is -2.47. The zero-order chi connectivity index (χ0) is 16.4. The van der Waals surface area contributed by atoms with Gasteiger partial charge in [-0.3, -0.25) is 0 Å². The van der Waals surface area contributed by atoms with Gasteiger partial charge in [-0.15, -0.1) is 0 Å². The zero-order valence-electron chi connectivity index (χ0n) is 15.0. The van der Waals surface area contributed by atoms with Crippen molar-refractivity contribution in [3.63, 3.8) is 0 Å². The van der Waals surface area contributed by atoms with Crippen molar-refractivity contribution in [2.75, 3.05) is 60.5 Å². The highest BCUT2D eigenvalue weighted by Crippen LogP contribution is 2.34. The van der Waals surface area contributed by atoms with Crippen molar-refractivity contribution >= 4 is 12.1 Å². The van der Waals surface area contributed by atoms with Gasteiger partial charge >= 0.3 is 6.69 Å². The average Bonchev–Trinajstić information content (AvgIpc) is 3.02. The summed E-state index contributed by atoms with van der Waals surface area (Å²) in [5.74, 6) is 0. The Morgan fingerprint density at radius 1 is 0.957 bits per heavy atom. The van der Waals surface area contributed by atoms with E-state index in [4.69, 9.17) is 9.31 Å². The van der Waals surface area contributed by atoms with Crippen LogP contribution in [0.5, 0.6) is 0 Å². The molecule has 2 saturated heterocycles. The molecule has 3 rings (SSSR count). The molecule has 0 aliphatic carbocycles. The number of quaternary nitrogens is 2. The summed E-state index contributed by atoms with van der Waals surface area (Å²) >= 11 is 0. The van der Waals surface area contributed by atoms with E-state index in [0.29, 0.717) is 0 Å². The minimum Gasteiger partial charge on any atom is -0.505 e. The molecule has 1 aromatic rings. The number of unbranched alkanes of at least 4 members (excludes halogenated alkanes) is 2. The Bertz CT molecular complexity index is 506. The third-order valence-corrected chi connectivity index (χ3v) is 5.64. The summed E-state index contributed by atoms with van der Waals surface area (Å²) in [6.45, 7) is 4.97. The molecule has 23 heavy (non-hydrogen) atoms. The third-order valence-electron chi connectivity index (χ3n) is 5.64. The second-order valence-electron chi connectivity index (χ2n) is 8.29. The molecule has 5 heteroatoms. The highest BCUT2D eigenvalue weighted by Gasteiger charge is 2.58. The summed E-state index contributed by atoms with van der Waals surface area (Å²) in [6, 6.07) is 10.6. The Morgan fingerprint density at radius 2 is 1.61 bits per heavy atom. The van der Waals surface area contributed by atoms with Gasteiger partial charge in [-0.2, -0.15) is 0 Å². The monoisotopic (exact) mass is 319 g/mol. The standard InChI is InChI=1S/C18H32BN2O2/c1-20(2,3)12-8-5-9-13-21-14-16-22-19(21,23-17-15-21)18-10-6-4-7-11-18/h4,6-7,10-11H,5,8-9,12-17H2,1-3H3/q+1. The van der Waals surface area contributed by atoms with E-state index in [1.807, 2.05) is 0 Å². The fourth-order valence-corrected chi connectivity index (χ4v) is 4.39. The molecule has 2 aliphatic rings. The van der Waals surface area contributed by atoms with E-state index >= 15 is 0 Å². The van der Waals surface area contributed by atoms with Crippen molar-refractivity contribution < 1.29 is 18.2 Å². The van der Waals surface area contributed by atoms with Gasteiger partial charge in [0, 0.05) is 6.54 Å². The number of rotatable bonds is 7. The van der Waals surface area contributed by atoms with Crippen molar-refractivity contribution in [2.24, 2.45) is 0 Å². The van der Waals surface area contributed by atoms with Gasteiger partial charge in [0.05, 0.1) is 54.0 Å². The maximum atomic E-state index is 6.27. The normalized spacial score (nSPS) is 30.6. The van der Waals surface area contributed by atoms with Gasteiger partial charge < -0.3 is 18.2 Å². The summed E-state index contributed by atoms with van der Waals surface area (Å²) in [5.41, 5.74) is 1.24. The summed E-state index contributed by atoms with van der Waals surface area (Å²) < 4.78 is 14.6. The van der Waals surface area contributed by atoms with Crippen LogP contribution < -0.4 is 5.46 Å². The predicted octanol–water partition coefficient (Wildman–Crippen LogP) is 1.59. The van der Waals surface area contributed by atoms with E-state index in [9.17, 15) is 0 Å². The number of hydrogen-bond acceptors (Lipinski definition) is 2. The van der Waals surface area contributed by atoms with Gasteiger partial charge in [-0.25, -0.2) is 0 Å². The highest BCUT2D eigenvalue weighted by molar-refractivity contribution is 6.75. The molecule has 0 N–H and O–H groups in total. The zero-order valence-corrected chi connectivity index (χ0v) is 15.0. The van der Waals surface area contributed by atoms with Gasteiger partial charge in [0.25, 0.3) is 0 Å². The van der Waals surface area contributed by atoms with Crippen LogP contribution in [0.15, 0.2) is 30.3 Å². The molecule has 0 bridgehead atoms. The first-order valence-corrected chi connectivity index (χ1v) is 9.11. The van der Waals surface area contributed by atoms with Crippen molar-refractivity contribution in [3.05, 3.63) is 30.3 Å². The van der Waals surface area contributed by atoms with Gasteiger partial charge in [0.1, 0.15) is 0 Å². The predicted molar refractivity (Wildman–Crippen MR) is 95.3 cm³/mol. The van der Waals surface area contributed by atoms with Gasteiger partial charge in [0.2, 0.25) is 0 Å². The van der Waals surface area contributed by atoms with Crippen molar-refractivity contribution in [2.45, 2.75) is 19.3 Å². The molecule has 1 aromatic carbocycles. The molecule has 0 spiro atoms. The molecular weight excluding hydrogens is 287 g/mol. The van der Waals surface area contributed by atoms with E-state index in [-0.39, 0.29) is 0 Å². The van der Waals surface area contributed by atoms with Crippen LogP contribution in [0.4, 0.5) is 0 Å². The molecule has 0 amide bonds. The van der Waals surface area contributed by atoms with Crippen LogP contribution in [0.25, 0.3) is 0 Å². The second kappa shape index (κ2) is 6.56. The van der Waals surface area contributed by atoms with Crippen molar-refractivity contribution in [1.29, 1.82) is 0 Å². The molecule has 2 aliphatic heterocycles. The third kappa shape index (κ3) is 3.34. The highest BCUT2D eigenvalue weighted by atomic mass is 16.6. The smallest absolute Gasteiger partial charge is 0.502 e. The first-order chi connectivity index (χ1) is 11.0. The molecule has 0 atom stereocenters. The summed E-state index contributed by atoms with van der Waals surface area (Å²) in [6.07, 6.45) is 3.87. The minimum absolute atomic E-state index is 0.827. The van der Waals surface area contributed by atoms with Gasteiger partial charge in [0.15, 0.2) is 0 Å². The van der Waals surface area contributed by atoms with Gasteiger partial charge in [-0.1, -0.05) is 35.8 Å². The number of benzene rings is 1. The summed E-state index contributed by atoms with van der Waals surface area (Å²) in [7, 11) is 6.82. The molecule has 128 valence electrons. The van der Waals surface area contributed by atoms with E-state index in [1.165, 1.54) is 37.8 Å². The quantitative estimate of drug-likeness (QED) is 0.432. The fourth-order valence-electron chi connectivity index (χ4n) is 4.39. The molecule has 0 unspecified atom stereocenters. The van der Waals surface area contributed by atoms with Crippen LogP contribution in [-0.4, -0.2) is 76.1 Å². The Labute approximate surface area is 141 Å². The summed E-state index contributed by atoms with van der Waals surface area (Å²) in [4.78, 5) is 0. The topological polar surface area (TPSA) is 18.5 Å². The maximum absolute atomic E-state index is 6.27. The van der Waals surface area contributed by atoms with Crippen molar-refractivity contribution in [1.82, 2.24) is 0 Å². The Kier molecular flexibility index (Phi) is 4.84. The lowest BCUT2D eigenvalue weighted by Crippen LogP contribution is -2.69. The molecular formula is C18H32BN2O2+.